The Morgan fingerprint density at radius 2 is 2.11 bits per heavy atom. The van der Waals surface area contributed by atoms with Gasteiger partial charge in [-0.25, -0.2) is 13.9 Å². The number of aromatic nitrogens is 3. The fourth-order valence-electron chi connectivity index (χ4n) is 1.80. The highest BCUT2D eigenvalue weighted by atomic mass is 35.5. The highest BCUT2D eigenvalue weighted by Gasteiger charge is 2.10. The lowest BCUT2D eigenvalue weighted by molar-refractivity contribution is 0.619. The van der Waals surface area contributed by atoms with E-state index < -0.39 is 0 Å². The third-order valence-corrected chi connectivity index (χ3v) is 3.09. The van der Waals surface area contributed by atoms with Gasteiger partial charge < -0.3 is 0 Å². The zero-order valence-corrected chi connectivity index (χ0v) is 10.3. The molecule has 0 saturated carbocycles. The Balaban J connectivity index is 2.21. The molecule has 0 aliphatic rings. The van der Waals surface area contributed by atoms with Crippen LogP contribution in [0.3, 0.4) is 0 Å². The molecule has 0 atom stereocenters. The second-order valence-corrected chi connectivity index (χ2v) is 4.44. The maximum Gasteiger partial charge on any atom is 0.153 e. The number of nitrogens with zero attached hydrogens (tertiary/aromatic N) is 3. The van der Waals surface area contributed by atoms with Crippen molar-refractivity contribution in [1.29, 1.82) is 0 Å². The van der Waals surface area contributed by atoms with Gasteiger partial charge >= 0.3 is 0 Å². The largest absolute Gasteiger partial charge is 0.236 e. The molecule has 18 heavy (non-hydrogen) atoms. The van der Waals surface area contributed by atoms with E-state index in [0.29, 0.717) is 21.8 Å². The second-order valence-electron chi connectivity index (χ2n) is 4.03. The molecule has 0 aliphatic heterocycles. The van der Waals surface area contributed by atoms with Crippen LogP contribution in [0.2, 0.25) is 5.02 Å². The van der Waals surface area contributed by atoms with Gasteiger partial charge in [-0.15, -0.1) is 0 Å². The highest BCUT2D eigenvalue weighted by Crippen LogP contribution is 2.28. The molecule has 0 N–H and O–H groups in total. The predicted octanol–water partition coefficient (Wildman–Crippen LogP) is 3.50. The van der Waals surface area contributed by atoms with Crippen molar-refractivity contribution in [3.8, 4) is 11.3 Å². The van der Waals surface area contributed by atoms with Crippen LogP contribution in [0, 0.1) is 12.7 Å². The zero-order valence-electron chi connectivity index (χ0n) is 9.56. The minimum absolute atomic E-state index is 0.290. The highest BCUT2D eigenvalue weighted by molar-refractivity contribution is 6.33. The van der Waals surface area contributed by atoms with Crippen LogP contribution in [-0.2, 0) is 0 Å². The molecule has 0 bridgehead atoms. The summed E-state index contributed by atoms with van der Waals surface area (Å²) in [4.78, 5) is 4.10. The van der Waals surface area contributed by atoms with Gasteiger partial charge in [0.05, 0.1) is 10.7 Å². The van der Waals surface area contributed by atoms with E-state index in [4.69, 9.17) is 11.6 Å². The standard InChI is InChI=1S/C13H9ClFN3/c1-8-6-10(14)9(7-11(8)15)12-2-3-13-16-4-5-18(13)17-12/h2-7H,1H3. The molecule has 0 saturated heterocycles. The van der Waals surface area contributed by atoms with Gasteiger partial charge in [-0.05, 0) is 36.8 Å². The van der Waals surface area contributed by atoms with Crippen molar-refractivity contribution in [1.82, 2.24) is 14.6 Å². The van der Waals surface area contributed by atoms with E-state index in [9.17, 15) is 4.39 Å². The van der Waals surface area contributed by atoms with Crippen molar-refractivity contribution in [3.63, 3.8) is 0 Å². The Morgan fingerprint density at radius 1 is 1.28 bits per heavy atom. The second kappa shape index (κ2) is 4.07. The first-order chi connectivity index (χ1) is 8.65. The molecule has 3 aromatic rings. The summed E-state index contributed by atoms with van der Waals surface area (Å²) in [6.07, 6.45) is 3.39. The first-order valence-corrected chi connectivity index (χ1v) is 5.79. The number of aryl methyl sites for hydroxylation is 1. The summed E-state index contributed by atoms with van der Waals surface area (Å²) in [5, 5.41) is 4.83. The number of hydrogen-bond acceptors (Lipinski definition) is 2. The molecule has 90 valence electrons. The average molecular weight is 262 g/mol. The fourth-order valence-corrected chi connectivity index (χ4v) is 2.12. The van der Waals surface area contributed by atoms with E-state index in [1.807, 2.05) is 6.07 Å². The summed E-state index contributed by atoms with van der Waals surface area (Å²) in [5.74, 6) is -0.290. The number of imidazole rings is 1. The summed E-state index contributed by atoms with van der Waals surface area (Å²) in [6.45, 7) is 1.68. The van der Waals surface area contributed by atoms with E-state index in [2.05, 4.69) is 10.1 Å². The van der Waals surface area contributed by atoms with Crippen LogP contribution in [0.1, 0.15) is 5.56 Å². The van der Waals surface area contributed by atoms with Gasteiger partial charge in [0.25, 0.3) is 0 Å². The maximum absolute atomic E-state index is 13.6. The van der Waals surface area contributed by atoms with E-state index in [1.54, 1.807) is 36.0 Å². The SMILES string of the molecule is Cc1cc(Cl)c(-c2ccc3nccn3n2)cc1F. The van der Waals surface area contributed by atoms with Crippen molar-refractivity contribution in [2.24, 2.45) is 0 Å². The van der Waals surface area contributed by atoms with Gasteiger partial charge in [0.2, 0.25) is 0 Å². The van der Waals surface area contributed by atoms with E-state index in [0.717, 1.165) is 5.65 Å². The Labute approximate surface area is 108 Å². The molecular weight excluding hydrogens is 253 g/mol. The number of hydrogen-bond donors (Lipinski definition) is 0. The quantitative estimate of drug-likeness (QED) is 0.671. The van der Waals surface area contributed by atoms with Gasteiger partial charge in [0.1, 0.15) is 5.82 Å². The van der Waals surface area contributed by atoms with Crippen LogP contribution in [0.15, 0.2) is 36.7 Å². The van der Waals surface area contributed by atoms with Gasteiger partial charge in [-0.3, -0.25) is 0 Å². The Bertz CT molecular complexity index is 736. The molecule has 0 unspecified atom stereocenters. The van der Waals surface area contributed by atoms with Crippen molar-refractivity contribution >= 4 is 17.2 Å². The van der Waals surface area contributed by atoms with Crippen molar-refractivity contribution in [3.05, 3.63) is 53.1 Å². The minimum Gasteiger partial charge on any atom is -0.236 e. The van der Waals surface area contributed by atoms with Crippen molar-refractivity contribution in [2.75, 3.05) is 0 Å². The molecular formula is C13H9ClFN3. The maximum atomic E-state index is 13.6. The minimum atomic E-state index is -0.290. The molecule has 0 aliphatic carbocycles. The average Bonchev–Trinajstić information content (AvgIpc) is 2.80. The molecule has 2 aromatic heterocycles. The molecule has 5 heteroatoms. The van der Waals surface area contributed by atoms with Crippen LogP contribution in [0.4, 0.5) is 4.39 Å². The Hall–Kier alpha value is -1.94. The summed E-state index contributed by atoms with van der Waals surface area (Å²) in [5.41, 5.74) is 2.45. The molecule has 0 spiro atoms. The summed E-state index contributed by atoms with van der Waals surface area (Å²) >= 11 is 6.13. The summed E-state index contributed by atoms with van der Waals surface area (Å²) in [7, 11) is 0. The first-order valence-electron chi connectivity index (χ1n) is 5.41. The van der Waals surface area contributed by atoms with Crippen LogP contribution in [0.25, 0.3) is 16.9 Å². The summed E-state index contributed by atoms with van der Waals surface area (Å²) < 4.78 is 15.2. The molecule has 3 nitrogen and oxygen atoms in total. The van der Waals surface area contributed by atoms with E-state index in [1.165, 1.54) is 6.07 Å². The lowest BCUT2D eigenvalue weighted by atomic mass is 10.1. The lowest BCUT2D eigenvalue weighted by Crippen LogP contribution is -1.95. The Morgan fingerprint density at radius 3 is 2.94 bits per heavy atom. The molecule has 2 heterocycles. The van der Waals surface area contributed by atoms with Gasteiger partial charge in [0.15, 0.2) is 5.65 Å². The van der Waals surface area contributed by atoms with Crippen molar-refractivity contribution < 1.29 is 4.39 Å². The third kappa shape index (κ3) is 1.75. The molecule has 3 rings (SSSR count). The van der Waals surface area contributed by atoms with E-state index in [-0.39, 0.29) is 5.82 Å². The fraction of sp³-hybridized carbons (Fsp3) is 0.0769. The number of fused-ring (bicyclic) bond motifs is 1. The van der Waals surface area contributed by atoms with Crippen molar-refractivity contribution in [2.45, 2.75) is 6.92 Å². The number of benzene rings is 1. The topological polar surface area (TPSA) is 30.2 Å². The molecule has 1 aromatic carbocycles. The number of rotatable bonds is 1. The number of halogens is 2. The van der Waals surface area contributed by atoms with Crippen LogP contribution < -0.4 is 0 Å². The third-order valence-electron chi connectivity index (χ3n) is 2.78. The molecule has 0 amide bonds. The normalized spacial score (nSPS) is 11.1. The van der Waals surface area contributed by atoms with E-state index >= 15 is 0 Å². The van der Waals surface area contributed by atoms with Gasteiger partial charge in [0, 0.05) is 18.0 Å². The van der Waals surface area contributed by atoms with Crippen LogP contribution in [-0.4, -0.2) is 14.6 Å². The lowest BCUT2D eigenvalue weighted by Gasteiger charge is -2.06. The molecule has 0 radical (unpaired) electrons. The summed E-state index contributed by atoms with van der Waals surface area (Å²) in [6, 6.07) is 6.60. The van der Waals surface area contributed by atoms with Gasteiger partial charge in [-0.2, -0.15) is 5.10 Å². The Kier molecular flexibility index (Phi) is 2.52. The first kappa shape index (κ1) is 11.2. The molecule has 0 fully saturated rings. The van der Waals surface area contributed by atoms with Gasteiger partial charge in [-0.1, -0.05) is 11.6 Å². The smallest absolute Gasteiger partial charge is 0.153 e. The predicted molar refractivity (Wildman–Crippen MR) is 68.1 cm³/mol. The van der Waals surface area contributed by atoms with Crippen LogP contribution >= 0.6 is 11.6 Å². The monoisotopic (exact) mass is 261 g/mol. The van der Waals surface area contributed by atoms with Crippen LogP contribution in [0.5, 0.6) is 0 Å². The zero-order chi connectivity index (χ0) is 12.7.